The van der Waals surface area contributed by atoms with Crippen molar-refractivity contribution in [2.45, 2.75) is 6.92 Å². The van der Waals surface area contributed by atoms with E-state index in [0.29, 0.717) is 11.3 Å². The topological polar surface area (TPSA) is 115 Å². The minimum Gasteiger partial charge on any atom is -0.276 e. The maximum atomic E-state index is 10.6. The molecule has 0 bridgehead atoms. The zero-order valence-electron chi connectivity index (χ0n) is 8.84. The van der Waals surface area contributed by atoms with Gasteiger partial charge in [-0.3, -0.25) is 15.5 Å². The monoisotopic (exact) mass is 229 g/mol. The highest BCUT2D eigenvalue weighted by atomic mass is 16.6. The Labute approximate surface area is 96.7 Å². The molecule has 17 heavy (non-hydrogen) atoms. The average molecular weight is 229 g/mol. The van der Waals surface area contributed by atoms with E-state index in [2.05, 4.69) is 10.5 Å². The summed E-state index contributed by atoms with van der Waals surface area (Å²) in [6.45, 7) is 1.59. The second kappa shape index (κ2) is 5.24. The molecule has 1 rings (SSSR count). The summed E-state index contributed by atoms with van der Waals surface area (Å²) in [7, 11) is 0. The van der Waals surface area contributed by atoms with E-state index in [1.807, 2.05) is 0 Å². The second-order valence-corrected chi connectivity index (χ2v) is 3.05. The quantitative estimate of drug-likeness (QED) is 0.481. The summed E-state index contributed by atoms with van der Waals surface area (Å²) >= 11 is 0. The van der Waals surface area contributed by atoms with E-state index in [-0.39, 0.29) is 11.4 Å². The third-order valence-electron chi connectivity index (χ3n) is 1.90. The zero-order valence-corrected chi connectivity index (χ0v) is 8.84. The Morgan fingerprint density at radius 3 is 2.59 bits per heavy atom. The molecular formula is C10H7N5O2. The molecule has 7 heteroatoms. The minimum absolute atomic E-state index is 0.000296. The van der Waals surface area contributed by atoms with Crippen LogP contribution in [0.1, 0.15) is 5.56 Å². The van der Waals surface area contributed by atoms with E-state index in [9.17, 15) is 10.1 Å². The number of rotatable bonds is 3. The predicted molar refractivity (Wildman–Crippen MR) is 60.1 cm³/mol. The Morgan fingerprint density at radius 1 is 1.47 bits per heavy atom. The number of nitriles is 2. The molecule has 0 heterocycles. The first-order valence-corrected chi connectivity index (χ1v) is 4.47. The van der Waals surface area contributed by atoms with Crippen LogP contribution in [-0.2, 0) is 0 Å². The first-order chi connectivity index (χ1) is 8.08. The molecule has 1 aromatic carbocycles. The summed E-state index contributed by atoms with van der Waals surface area (Å²) in [4.78, 5) is 10.1. The number of hydrogen-bond acceptors (Lipinski definition) is 6. The molecule has 7 nitrogen and oxygen atoms in total. The van der Waals surface area contributed by atoms with E-state index in [1.165, 1.54) is 18.2 Å². The van der Waals surface area contributed by atoms with Gasteiger partial charge in [-0.1, -0.05) is 0 Å². The van der Waals surface area contributed by atoms with E-state index >= 15 is 0 Å². The largest absolute Gasteiger partial charge is 0.276 e. The lowest BCUT2D eigenvalue weighted by atomic mass is 10.2. The fourth-order valence-electron chi connectivity index (χ4n) is 1.13. The summed E-state index contributed by atoms with van der Waals surface area (Å²) in [6, 6.07) is 7.45. The van der Waals surface area contributed by atoms with Crippen molar-refractivity contribution in [3.8, 4) is 12.1 Å². The first-order valence-electron chi connectivity index (χ1n) is 4.47. The van der Waals surface area contributed by atoms with Crippen LogP contribution in [-0.4, -0.2) is 10.6 Å². The number of hydrogen-bond donors (Lipinski definition) is 1. The van der Waals surface area contributed by atoms with Gasteiger partial charge < -0.3 is 0 Å². The zero-order chi connectivity index (χ0) is 12.8. The smallest absolute Gasteiger partial charge is 0.272 e. The molecule has 0 aliphatic heterocycles. The van der Waals surface area contributed by atoms with Crippen LogP contribution in [0.2, 0.25) is 0 Å². The maximum Gasteiger partial charge on any atom is 0.272 e. The van der Waals surface area contributed by atoms with Crippen molar-refractivity contribution in [2.24, 2.45) is 5.10 Å². The molecule has 0 aromatic heterocycles. The highest BCUT2D eigenvalue weighted by molar-refractivity contribution is 6.10. The number of nitrogens with zero attached hydrogens (tertiary/aromatic N) is 4. The highest BCUT2D eigenvalue weighted by Gasteiger charge is 2.09. The van der Waals surface area contributed by atoms with Gasteiger partial charge in [0.25, 0.3) is 5.69 Å². The van der Waals surface area contributed by atoms with Crippen molar-refractivity contribution in [3.05, 3.63) is 33.9 Å². The SMILES string of the molecule is Cc1cc(NN=C(C#N)C#N)ccc1[N+](=O)[O-]. The van der Waals surface area contributed by atoms with Crippen LogP contribution in [0.4, 0.5) is 11.4 Å². The summed E-state index contributed by atoms with van der Waals surface area (Å²) in [5.41, 5.74) is 3.09. The number of hydrazone groups is 1. The van der Waals surface area contributed by atoms with Crippen molar-refractivity contribution in [2.75, 3.05) is 5.43 Å². The molecule has 1 N–H and O–H groups in total. The number of nitro benzene ring substituents is 1. The van der Waals surface area contributed by atoms with E-state index < -0.39 is 4.92 Å². The van der Waals surface area contributed by atoms with Crippen LogP contribution in [0.25, 0.3) is 0 Å². The lowest BCUT2D eigenvalue weighted by Crippen LogP contribution is -1.97. The lowest BCUT2D eigenvalue weighted by molar-refractivity contribution is -0.385. The number of aryl methyl sites for hydroxylation is 1. The van der Waals surface area contributed by atoms with Gasteiger partial charge in [-0.25, -0.2) is 0 Å². The molecule has 0 aliphatic carbocycles. The van der Waals surface area contributed by atoms with Crippen LogP contribution in [0.5, 0.6) is 0 Å². The van der Waals surface area contributed by atoms with Gasteiger partial charge in [-0.15, -0.1) is 0 Å². The highest BCUT2D eigenvalue weighted by Crippen LogP contribution is 2.21. The number of anilines is 1. The number of benzene rings is 1. The van der Waals surface area contributed by atoms with Gasteiger partial charge in [0, 0.05) is 11.6 Å². The Morgan fingerprint density at radius 2 is 2.12 bits per heavy atom. The van der Waals surface area contributed by atoms with Crippen LogP contribution in [0, 0.1) is 39.7 Å². The number of nitro groups is 1. The minimum atomic E-state index is -0.488. The van der Waals surface area contributed by atoms with Crippen molar-refractivity contribution >= 4 is 17.1 Å². The third kappa shape index (κ3) is 3.01. The Balaban J connectivity index is 2.94. The predicted octanol–water partition coefficient (Wildman–Crippen LogP) is 1.72. The van der Waals surface area contributed by atoms with Gasteiger partial charge in [0.15, 0.2) is 0 Å². The number of nitrogens with one attached hydrogen (secondary N) is 1. The first kappa shape index (κ1) is 12.1. The van der Waals surface area contributed by atoms with Crippen LogP contribution in [0.15, 0.2) is 23.3 Å². The molecule has 0 unspecified atom stereocenters. The van der Waals surface area contributed by atoms with Crippen LogP contribution in [0.3, 0.4) is 0 Å². The summed E-state index contributed by atoms with van der Waals surface area (Å²) in [5, 5.41) is 31.0. The fraction of sp³-hybridized carbons (Fsp3) is 0.100. The second-order valence-electron chi connectivity index (χ2n) is 3.05. The molecule has 1 aromatic rings. The molecule has 0 amide bonds. The lowest BCUT2D eigenvalue weighted by Gasteiger charge is -2.01. The standard InChI is InChI=1S/C10H7N5O2/c1-7-4-8(2-3-10(7)15(16)17)13-14-9(5-11)6-12/h2-4,13H,1H3. The van der Waals surface area contributed by atoms with Gasteiger partial charge in [-0.2, -0.15) is 15.6 Å². The Hall–Kier alpha value is -2.93. The van der Waals surface area contributed by atoms with Gasteiger partial charge in [0.1, 0.15) is 12.1 Å². The van der Waals surface area contributed by atoms with Crippen LogP contribution >= 0.6 is 0 Å². The molecule has 0 spiro atoms. The summed E-state index contributed by atoms with van der Waals surface area (Å²) in [5.74, 6) is 0. The normalized spacial score (nSPS) is 8.65. The molecule has 0 aliphatic rings. The van der Waals surface area contributed by atoms with Gasteiger partial charge in [-0.05, 0) is 19.1 Å². The van der Waals surface area contributed by atoms with Gasteiger partial charge in [0.05, 0.1) is 10.6 Å². The van der Waals surface area contributed by atoms with Gasteiger partial charge in [0.2, 0.25) is 5.71 Å². The summed E-state index contributed by atoms with van der Waals surface area (Å²) < 4.78 is 0. The molecule has 84 valence electrons. The van der Waals surface area contributed by atoms with Crippen molar-refractivity contribution in [1.29, 1.82) is 10.5 Å². The van der Waals surface area contributed by atoms with Crippen molar-refractivity contribution in [1.82, 2.24) is 0 Å². The average Bonchev–Trinajstić information content (AvgIpc) is 2.30. The van der Waals surface area contributed by atoms with E-state index in [0.717, 1.165) is 0 Å². The molecular weight excluding hydrogens is 222 g/mol. The maximum absolute atomic E-state index is 10.6. The molecule has 0 fully saturated rings. The molecule has 0 saturated carbocycles. The Kier molecular flexibility index (Phi) is 3.74. The third-order valence-corrected chi connectivity index (χ3v) is 1.90. The van der Waals surface area contributed by atoms with Crippen molar-refractivity contribution < 1.29 is 4.92 Å². The van der Waals surface area contributed by atoms with Gasteiger partial charge >= 0.3 is 0 Å². The Bertz CT molecular complexity index is 549. The molecule has 0 saturated heterocycles. The molecule has 0 atom stereocenters. The fourth-order valence-corrected chi connectivity index (χ4v) is 1.13. The molecule has 0 radical (unpaired) electrons. The van der Waals surface area contributed by atoms with E-state index in [4.69, 9.17) is 10.5 Å². The van der Waals surface area contributed by atoms with Crippen LogP contribution < -0.4 is 5.43 Å². The van der Waals surface area contributed by atoms with E-state index in [1.54, 1.807) is 19.1 Å². The van der Waals surface area contributed by atoms with Crippen molar-refractivity contribution in [3.63, 3.8) is 0 Å². The summed E-state index contributed by atoms with van der Waals surface area (Å²) in [6.07, 6.45) is 0.